The molecule has 0 aliphatic carbocycles. The summed E-state index contributed by atoms with van der Waals surface area (Å²) < 4.78 is 0. The predicted octanol–water partition coefficient (Wildman–Crippen LogP) is 3.81. The van der Waals surface area contributed by atoms with Gasteiger partial charge in [0.05, 0.1) is 0 Å². The number of anilines is 2. The molecule has 0 spiro atoms. The predicted molar refractivity (Wildman–Crippen MR) is 96.0 cm³/mol. The summed E-state index contributed by atoms with van der Waals surface area (Å²) in [5.74, 6) is 1.80. The SMILES string of the molecule is CCc1cc(N2CCc3ccccc3C2)nc(N[C@H](C)CC)n1. The fourth-order valence-corrected chi connectivity index (χ4v) is 2.90. The lowest BCUT2D eigenvalue weighted by Gasteiger charge is -2.30. The minimum Gasteiger partial charge on any atom is -0.352 e. The van der Waals surface area contributed by atoms with Crippen molar-refractivity contribution < 1.29 is 0 Å². The fourth-order valence-electron chi connectivity index (χ4n) is 2.90. The molecule has 0 saturated carbocycles. The third-order valence-electron chi connectivity index (χ3n) is 4.57. The van der Waals surface area contributed by atoms with Gasteiger partial charge in [0.15, 0.2) is 0 Å². The van der Waals surface area contributed by atoms with Crippen LogP contribution in [-0.4, -0.2) is 22.6 Å². The Kier molecular flexibility index (Phi) is 4.79. The van der Waals surface area contributed by atoms with Crippen molar-refractivity contribution in [3.63, 3.8) is 0 Å². The molecule has 0 unspecified atom stereocenters. The van der Waals surface area contributed by atoms with Crippen molar-refractivity contribution in [1.29, 1.82) is 0 Å². The van der Waals surface area contributed by atoms with Gasteiger partial charge in [-0.05, 0) is 37.3 Å². The maximum atomic E-state index is 4.77. The van der Waals surface area contributed by atoms with Crippen LogP contribution in [0.1, 0.15) is 44.0 Å². The van der Waals surface area contributed by atoms with Gasteiger partial charge in [0.1, 0.15) is 5.82 Å². The van der Waals surface area contributed by atoms with Gasteiger partial charge in [-0.1, -0.05) is 38.1 Å². The molecular weight excluding hydrogens is 284 g/mol. The minimum atomic E-state index is 0.386. The Morgan fingerprint density at radius 2 is 1.96 bits per heavy atom. The summed E-state index contributed by atoms with van der Waals surface area (Å²) in [5, 5.41) is 3.42. The van der Waals surface area contributed by atoms with E-state index in [9.17, 15) is 0 Å². The highest BCUT2D eigenvalue weighted by Gasteiger charge is 2.18. The largest absolute Gasteiger partial charge is 0.352 e. The average molecular weight is 310 g/mol. The van der Waals surface area contributed by atoms with E-state index in [-0.39, 0.29) is 0 Å². The number of aryl methyl sites for hydroxylation is 1. The van der Waals surface area contributed by atoms with Crippen LogP contribution in [0, 0.1) is 0 Å². The van der Waals surface area contributed by atoms with Gasteiger partial charge in [-0.3, -0.25) is 0 Å². The van der Waals surface area contributed by atoms with Crippen LogP contribution in [0.25, 0.3) is 0 Å². The van der Waals surface area contributed by atoms with E-state index in [0.717, 1.165) is 49.8 Å². The van der Waals surface area contributed by atoms with Crippen LogP contribution in [0.5, 0.6) is 0 Å². The normalized spacial score (nSPS) is 15.2. The molecule has 0 bridgehead atoms. The Hall–Kier alpha value is -2.10. The molecule has 0 saturated heterocycles. The quantitative estimate of drug-likeness (QED) is 0.911. The summed E-state index contributed by atoms with van der Waals surface area (Å²) in [5.41, 5.74) is 3.97. The third-order valence-corrected chi connectivity index (χ3v) is 4.57. The van der Waals surface area contributed by atoms with Crippen molar-refractivity contribution in [1.82, 2.24) is 9.97 Å². The van der Waals surface area contributed by atoms with Gasteiger partial charge in [-0.15, -0.1) is 0 Å². The highest BCUT2D eigenvalue weighted by molar-refractivity contribution is 5.48. The Balaban J connectivity index is 1.86. The van der Waals surface area contributed by atoms with Crippen molar-refractivity contribution in [2.45, 2.75) is 52.6 Å². The number of nitrogens with zero attached hydrogens (tertiary/aromatic N) is 3. The van der Waals surface area contributed by atoms with Gasteiger partial charge in [-0.25, -0.2) is 4.98 Å². The van der Waals surface area contributed by atoms with E-state index in [4.69, 9.17) is 4.98 Å². The maximum Gasteiger partial charge on any atom is 0.225 e. The van der Waals surface area contributed by atoms with Crippen LogP contribution in [0.15, 0.2) is 30.3 Å². The summed E-state index contributed by atoms with van der Waals surface area (Å²) in [7, 11) is 0. The van der Waals surface area contributed by atoms with Gasteiger partial charge < -0.3 is 10.2 Å². The topological polar surface area (TPSA) is 41.1 Å². The van der Waals surface area contributed by atoms with Crippen molar-refractivity contribution in [3.05, 3.63) is 47.2 Å². The lowest BCUT2D eigenvalue weighted by atomic mass is 10.00. The highest BCUT2D eigenvalue weighted by Crippen LogP contribution is 2.24. The van der Waals surface area contributed by atoms with E-state index < -0.39 is 0 Å². The molecule has 0 amide bonds. The summed E-state index contributed by atoms with van der Waals surface area (Å²) in [6, 6.07) is 11.2. The van der Waals surface area contributed by atoms with E-state index in [1.807, 2.05) is 0 Å². The van der Waals surface area contributed by atoms with Crippen molar-refractivity contribution in [2.75, 3.05) is 16.8 Å². The molecule has 2 heterocycles. The van der Waals surface area contributed by atoms with E-state index in [1.54, 1.807) is 0 Å². The van der Waals surface area contributed by atoms with E-state index >= 15 is 0 Å². The molecule has 1 aromatic heterocycles. The number of fused-ring (bicyclic) bond motifs is 1. The van der Waals surface area contributed by atoms with Crippen molar-refractivity contribution in [2.24, 2.45) is 0 Å². The first kappa shape index (κ1) is 15.8. The Labute approximate surface area is 139 Å². The molecule has 0 radical (unpaired) electrons. The number of aromatic nitrogens is 2. The second-order valence-corrected chi connectivity index (χ2v) is 6.29. The smallest absolute Gasteiger partial charge is 0.225 e. The fraction of sp³-hybridized carbons (Fsp3) is 0.474. The molecule has 2 aromatic rings. The molecule has 1 N–H and O–H groups in total. The molecule has 4 heteroatoms. The summed E-state index contributed by atoms with van der Waals surface area (Å²) in [6.45, 7) is 8.42. The van der Waals surface area contributed by atoms with E-state index in [0.29, 0.717) is 6.04 Å². The number of hydrogen-bond acceptors (Lipinski definition) is 4. The third kappa shape index (κ3) is 3.63. The number of benzene rings is 1. The average Bonchev–Trinajstić information content (AvgIpc) is 2.60. The second kappa shape index (κ2) is 6.99. The van der Waals surface area contributed by atoms with Gasteiger partial charge in [-0.2, -0.15) is 4.98 Å². The first-order valence-electron chi connectivity index (χ1n) is 8.65. The number of rotatable bonds is 5. The van der Waals surface area contributed by atoms with Crippen LogP contribution in [0.3, 0.4) is 0 Å². The second-order valence-electron chi connectivity index (χ2n) is 6.29. The molecule has 0 fully saturated rings. The highest BCUT2D eigenvalue weighted by atomic mass is 15.2. The molecule has 1 aromatic carbocycles. The van der Waals surface area contributed by atoms with Gasteiger partial charge >= 0.3 is 0 Å². The summed E-state index contributed by atoms with van der Waals surface area (Å²) in [6.07, 6.45) is 3.07. The molecular formula is C19H26N4. The maximum absolute atomic E-state index is 4.77. The van der Waals surface area contributed by atoms with Crippen molar-refractivity contribution >= 4 is 11.8 Å². The van der Waals surface area contributed by atoms with Crippen LogP contribution in [0.4, 0.5) is 11.8 Å². The number of hydrogen-bond donors (Lipinski definition) is 1. The Bertz CT molecular complexity index is 668. The Morgan fingerprint density at radius 3 is 2.70 bits per heavy atom. The summed E-state index contributed by atoms with van der Waals surface area (Å²) in [4.78, 5) is 11.8. The van der Waals surface area contributed by atoms with Crippen LogP contribution >= 0.6 is 0 Å². The molecule has 1 atom stereocenters. The lowest BCUT2D eigenvalue weighted by molar-refractivity contribution is 0.712. The van der Waals surface area contributed by atoms with Gasteiger partial charge in [0, 0.05) is 30.9 Å². The van der Waals surface area contributed by atoms with Gasteiger partial charge in [0.25, 0.3) is 0 Å². The van der Waals surface area contributed by atoms with Crippen LogP contribution < -0.4 is 10.2 Å². The first-order chi connectivity index (χ1) is 11.2. The zero-order chi connectivity index (χ0) is 16.2. The minimum absolute atomic E-state index is 0.386. The molecule has 23 heavy (non-hydrogen) atoms. The molecule has 1 aliphatic rings. The molecule has 122 valence electrons. The van der Waals surface area contributed by atoms with Gasteiger partial charge in [0.2, 0.25) is 5.95 Å². The lowest BCUT2D eigenvalue weighted by Crippen LogP contribution is -2.31. The monoisotopic (exact) mass is 310 g/mol. The summed E-state index contributed by atoms with van der Waals surface area (Å²) >= 11 is 0. The van der Waals surface area contributed by atoms with Crippen LogP contribution in [-0.2, 0) is 19.4 Å². The van der Waals surface area contributed by atoms with E-state index in [2.05, 4.69) is 66.3 Å². The molecule has 4 nitrogen and oxygen atoms in total. The Morgan fingerprint density at radius 1 is 1.17 bits per heavy atom. The molecule has 3 rings (SSSR count). The van der Waals surface area contributed by atoms with E-state index in [1.165, 1.54) is 11.1 Å². The van der Waals surface area contributed by atoms with Crippen molar-refractivity contribution in [3.8, 4) is 0 Å². The molecule has 1 aliphatic heterocycles. The number of nitrogens with one attached hydrogen (secondary N) is 1. The zero-order valence-corrected chi connectivity index (χ0v) is 14.3. The standard InChI is InChI=1S/C19H26N4/c1-4-14(3)20-19-21-17(5-2)12-18(22-19)23-11-10-15-8-6-7-9-16(15)13-23/h6-9,12,14H,4-5,10-11,13H2,1-3H3,(H,20,21,22)/t14-/m1/s1. The zero-order valence-electron chi connectivity index (χ0n) is 14.3. The van der Waals surface area contributed by atoms with Crippen LogP contribution in [0.2, 0.25) is 0 Å². The first-order valence-corrected chi connectivity index (χ1v) is 8.65.